The smallest absolute Gasteiger partial charge is 0.265 e. The number of aromatic nitrogens is 1. The van der Waals surface area contributed by atoms with E-state index in [-0.39, 0.29) is 5.69 Å². The van der Waals surface area contributed by atoms with Crippen LogP contribution in [-0.4, -0.2) is 16.8 Å². The Hall–Kier alpha value is -1.43. The summed E-state index contributed by atoms with van der Waals surface area (Å²) < 4.78 is 0. The number of amides is 2. The molecular weight excluding hydrogens is 166 g/mol. The number of thiazole rings is 1. The van der Waals surface area contributed by atoms with Crippen molar-refractivity contribution in [1.82, 2.24) is 15.8 Å². The minimum Gasteiger partial charge on any atom is -0.265 e. The zero-order valence-electron chi connectivity index (χ0n) is 5.20. The van der Waals surface area contributed by atoms with Crippen LogP contribution in [0, 0.1) is 0 Å². The van der Waals surface area contributed by atoms with E-state index in [2.05, 4.69) is 15.8 Å². The van der Waals surface area contributed by atoms with Crippen LogP contribution >= 0.6 is 11.3 Å². The summed E-state index contributed by atoms with van der Waals surface area (Å²) in [6.45, 7) is 0. The number of nitrogens with one attached hydrogen (secondary N) is 1. The van der Waals surface area contributed by atoms with Crippen molar-refractivity contribution in [1.29, 1.82) is 0 Å². The van der Waals surface area contributed by atoms with E-state index in [0.717, 1.165) is 11.3 Å². The summed E-state index contributed by atoms with van der Waals surface area (Å²) in [7, 11) is 0. The number of hydrogen-bond acceptors (Lipinski definition) is 4. The van der Waals surface area contributed by atoms with Gasteiger partial charge < -0.3 is 0 Å². The Kier molecular flexibility index (Phi) is 1.16. The third kappa shape index (κ3) is 0.795. The number of carbonyl (C=O) groups is 2. The third-order valence-corrected chi connectivity index (χ3v) is 2.05. The average Bonchev–Trinajstić information content (AvgIpc) is 2.45. The molecule has 0 aromatic carbocycles. The Bertz CT molecular complexity index is 302. The molecule has 1 N–H and O–H groups in total. The van der Waals surface area contributed by atoms with Crippen molar-refractivity contribution in [2.24, 2.45) is 0 Å². The van der Waals surface area contributed by atoms with Gasteiger partial charge in [-0.15, -0.1) is 16.8 Å². The van der Waals surface area contributed by atoms with Gasteiger partial charge in [-0.2, -0.15) is 0 Å². The molecule has 2 rings (SSSR count). The molecular formula is C5H2N3O2S. The number of carbonyl (C=O) groups excluding carboxylic acids is 2. The van der Waals surface area contributed by atoms with Crippen molar-refractivity contribution < 1.29 is 9.59 Å². The third-order valence-electron chi connectivity index (χ3n) is 1.24. The molecule has 55 valence electrons. The van der Waals surface area contributed by atoms with Crippen molar-refractivity contribution in [2.45, 2.75) is 0 Å². The first-order chi connectivity index (χ1) is 5.29. The molecule has 1 radical (unpaired) electrons. The van der Waals surface area contributed by atoms with E-state index < -0.39 is 11.8 Å². The fourth-order valence-electron chi connectivity index (χ4n) is 0.765. The van der Waals surface area contributed by atoms with E-state index in [1.165, 1.54) is 5.51 Å². The van der Waals surface area contributed by atoms with E-state index in [4.69, 9.17) is 0 Å². The fraction of sp³-hybridized carbons (Fsp3) is 0. The molecule has 2 heterocycles. The van der Waals surface area contributed by atoms with Crippen molar-refractivity contribution >= 4 is 23.2 Å². The summed E-state index contributed by atoms with van der Waals surface area (Å²) in [4.78, 5) is 25.8. The average molecular weight is 168 g/mol. The standard InChI is InChI=1S/C5H2N3O2S/c9-4-2-3(11-1-6-2)5(10)8-7-4/h1H,(H,7,9). The number of rotatable bonds is 0. The molecule has 0 bridgehead atoms. The molecule has 0 atom stereocenters. The number of hydrogen-bond donors (Lipinski definition) is 1. The predicted octanol–water partition coefficient (Wildman–Crippen LogP) is -0.454. The predicted molar refractivity (Wildman–Crippen MR) is 36.0 cm³/mol. The Balaban J connectivity index is 2.59. The Labute approximate surface area is 65.4 Å². The largest absolute Gasteiger partial charge is 0.306 e. The van der Waals surface area contributed by atoms with Crippen LogP contribution in [0.3, 0.4) is 0 Å². The van der Waals surface area contributed by atoms with Gasteiger partial charge in [-0.3, -0.25) is 9.59 Å². The minimum atomic E-state index is -0.429. The first-order valence-corrected chi connectivity index (χ1v) is 3.66. The SMILES string of the molecule is O=C1N[N]C(=O)c2scnc21. The second-order valence-corrected chi connectivity index (χ2v) is 2.74. The van der Waals surface area contributed by atoms with Crippen LogP contribution in [0.1, 0.15) is 20.2 Å². The zero-order valence-corrected chi connectivity index (χ0v) is 6.01. The molecule has 1 aliphatic rings. The van der Waals surface area contributed by atoms with Gasteiger partial charge in [-0.05, 0) is 0 Å². The Morgan fingerprint density at radius 1 is 1.45 bits per heavy atom. The van der Waals surface area contributed by atoms with Crippen molar-refractivity contribution in [3.8, 4) is 0 Å². The number of nitrogens with zero attached hydrogens (tertiary/aromatic N) is 2. The van der Waals surface area contributed by atoms with Crippen LogP contribution in [0.15, 0.2) is 5.51 Å². The molecule has 11 heavy (non-hydrogen) atoms. The fourth-order valence-corrected chi connectivity index (χ4v) is 1.43. The molecule has 0 unspecified atom stereocenters. The van der Waals surface area contributed by atoms with Crippen molar-refractivity contribution in [2.75, 3.05) is 0 Å². The molecule has 6 heteroatoms. The van der Waals surface area contributed by atoms with E-state index in [1.807, 2.05) is 0 Å². The van der Waals surface area contributed by atoms with Gasteiger partial charge in [0.05, 0.1) is 5.51 Å². The summed E-state index contributed by atoms with van der Waals surface area (Å²) in [6.07, 6.45) is 0. The van der Waals surface area contributed by atoms with E-state index >= 15 is 0 Å². The highest BCUT2D eigenvalue weighted by Crippen LogP contribution is 2.15. The molecule has 0 aliphatic carbocycles. The number of fused-ring (bicyclic) bond motifs is 1. The maximum absolute atomic E-state index is 10.9. The first-order valence-electron chi connectivity index (χ1n) is 2.78. The summed E-state index contributed by atoms with van der Waals surface area (Å²) >= 11 is 1.12. The molecule has 2 amide bonds. The second kappa shape index (κ2) is 2.03. The van der Waals surface area contributed by atoms with Crippen molar-refractivity contribution in [3.05, 3.63) is 16.1 Å². The van der Waals surface area contributed by atoms with Gasteiger partial charge in [0.25, 0.3) is 5.91 Å². The molecule has 1 aliphatic heterocycles. The molecule has 0 saturated heterocycles. The molecule has 5 nitrogen and oxygen atoms in total. The van der Waals surface area contributed by atoms with Gasteiger partial charge in [0.15, 0.2) is 5.69 Å². The molecule has 0 saturated carbocycles. The lowest BCUT2D eigenvalue weighted by atomic mass is 10.3. The molecule has 1 aromatic heterocycles. The van der Waals surface area contributed by atoms with Crippen LogP contribution in [-0.2, 0) is 0 Å². The lowest BCUT2D eigenvalue weighted by molar-refractivity contribution is 0.0811. The van der Waals surface area contributed by atoms with Crippen LogP contribution in [0.2, 0.25) is 0 Å². The summed E-state index contributed by atoms with van der Waals surface area (Å²) in [6, 6.07) is 0. The van der Waals surface area contributed by atoms with Crippen LogP contribution in [0.25, 0.3) is 0 Å². The quantitative estimate of drug-likeness (QED) is 0.570. The topological polar surface area (TPSA) is 73.2 Å². The second-order valence-electron chi connectivity index (χ2n) is 1.89. The van der Waals surface area contributed by atoms with Crippen molar-refractivity contribution in [3.63, 3.8) is 0 Å². The zero-order chi connectivity index (χ0) is 7.84. The van der Waals surface area contributed by atoms with E-state index in [1.54, 1.807) is 0 Å². The lowest BCUT2D eigenvalue weighted by Crippen LogP contribution is -2.41. The highest BCUT2D eigenvalue weighted by Gasteiger charge is 2.26. The van der Waals surface area contributed by atoms with Gasteiger partial charge in [0, 0.05) is 0 Å². The van der Waals surface area contributed by atoms with Crippen LogP contribution in [0.4, 0.5) is 0 Å². The van der Waals surface area contributed by atoms with Gasteiger partial charge >= 0.3 is 5.91 Å². The Morgan fingerprint density at radius 2 is 2.27 bits per heavy atom. The highest BCUT2D eigenvalue weighted by molar-refractivity contribution is 7.12. The summed E-state index contributed by atoms with van der Waals surface area (Å²) in [5.74, 6) is -0.844. The summed E-state index contributed by atoms with van der Waals surface area (Å²) in [5, 5.41) is 0. The monoisotopic (exact) mass is 168 g/mol. The molecule has 0 spiro atoms. The van der Waals surface area contributed by atoms with Gasteiger partial charge in [0.2, 0.25) is 0 Å². The highest BCUT2D eigenvalue weighted by atomic mass is 32.1. The van der Waals surface area contributed by atoms with Gasteiger partial charge in [-0.1, -0.05) is 0 Å². The van der Waals surface area contributed by atoms with E-state index in [0.29, 0.717) is 4.88 Å². The summed E-state index contributed by atoms with van der Waals surface area (Å²) in [5.41, 5.74) is 6.93. The van der Waals surface area contributed by atoms with Crippen LogP contribution in [0.5, 0.6) is 0 Å². The van der Waals surface area contributed by atoms with Crippen LogP contribution < -0.4 is 10.9 Å². The maximum Gasteiger partial charge on any atom is 0.306 e. The van der Waals surface area contributed by atoms with Gasteiger partial charge in [-0.25, -0.2) is 10.4 Å². The molecule has 0 fully saturated rings. The lowest BCUT2D eigenvalue weighted by Gasteiger charge is -2.07. The maximum atomic E-state index is 10.9. The first kappa shape index (κ1) is 6.29. The normalized spacial score (nSPS) is 15.3. The minimum absolute atomic E-state index is 0.176. The molecule has 1 aromatic rings. The Morgan fingerprint density at radius 3 is 3.00 bits per heavy atom. The van der Waals surface area contributed by atoms with Gasteiger partial charge in [0.1, 0.15) is 4.88 Å². The van der Waals surface area contributed by atoms with E-state index in [9.17, 15) is 9.59 Å².